The average Bonchev–Trinajstić information content (AvgIpc) is 2.31. The second-order valence-electron chi connectivity index (χ2n) is 4.91. The number of nitrogens with one attached hydrogen (secondary N) is 2. The van der Waals surface area contributed by atoms with Gasteiger partial charge in [0, 0.05) is 27.8 Å². The SMILES string of the molecule is CC(C)(C)S(=O)CCNC(=O)Nc1ccc(Cl)nc1. The third-order valence-electron chi connectivity index (χ3n) is 2.24. The molecule has 0 spiro atoms. The molecule has 0 aliphatic heterocycles. The zero-order valence-corrected chi connectivity index (χ0v) is 12.8. The minimum atomic E-state index is -0.976. The average molecular weight is 304 g/mol. The lowest BCUT2D eigenvalue weighted by molar-refractivity contribution is 0.252. The van der Waals surface area contributed by atoms with Crippen LogP contribution < -0.4 is 10.6 Å². The Morgan fingerprint density at radius 1 is 1.42 bits per heavy atom. The summed E-state index contributed by atoms with van der Waals surface area (Å²) < 4.78 is 11.5. The maximum absolute atomic E-state index is 11.8. The Morgan fingerprint density at radius 3 is 2.63 bits per heavy atom. The number of carbonyl (C=O) groups excluding carboxylic acids is 1. The molecule has 2 amide bonds. The molecule has 106 valence electrons. The lowest BCUT2D eigenvalue weighted by Crippen LogP contribution is -2.35. The van der Waals surface area contributed by atoms with Crippen LogP contribution in [-0.4, -0.2) is 32.3 Å². The first-order chi connectivity index (χ1) is 8.79. The zero-order chi connectivity index (χ0) is 14.5. The van der Waals surface area contributed by atoms with Crippen molar-refractivity contribution in [2.24, 2.45) is 0 Å². The van der Waals surface area contributed by atoms with Gasteiger partial charge in [-0.2, -0.15) is 0 Å². The summed E-state index contributed by atoms with van der Waals surface area (Å²) in [7, 11) is -0.976. The van der Waals surface area contributed by atoms with E-state index in [-0.39, 0.29) is 10.8 Å². The summed E-state index contributed by atoms with van der Waals surface area (Å²) >= 11 is 5.64. The normalized spacial score (nSPS) is 12.8. The quantitative estimate of drug-likeness (QED) is 0.839. The van der Waals surface area contributed by atoms with Crippen molar-refractivity contribution in [1.82, 2.24) is 10.3 Å². The molecule has 1 heterocycles. The zero-order valence-electron chi connectivity index (χ0n) is 11.2. The number of carbonyl (C=O) groups is 1. The van der Waals surface area contributed by atoms with Gasteiger partial charge in [-0.05, 0) is 32.9 Å². The number of nitrogens with zero attached hydrogens (tertiary/aromatic N) is 1. The van der Waals surface area contributed by atoms with Crippen LogP contribution in [0.15, 0.2) is 18.3 Å². The molecule has 5 nitrogen and oxygen atoms in total. The van der Waals surface area contributed by atoms with Crippen molar-refractivity contribution in [3.8, 4) is 0 Å². The molecule has 1 unspecified atom stereocenters. The van der Waals surface area contributed by atoms with Crippen LogP contribution in [0.25, 0.3) is 0 Å². The molecule has 0 radical (unpaired) electrons. The van der Waals surface area contributed by atoms with E-state index >= 15 is 0 Å². The Bertz CT molecular complexity index is 457. The van der Waals surface area contributed by atoms with E-state index in [9.17, 15) is 9.00 Å². The van der Waals surface area contributed by atoms with Crippen LogP contribution in [0.1, 0.15) is 20.8 Å². The molecule has 1 atom stereocenters. The molecule has 0 saturated carbocycles. The monoisotopic (exact) mass is 303 g/mol. The van der Waals surface area contributed by atoms with Gasteiger partial charge in [0.1, 0.15) is 5.15 Å². The topological polar surface area (TPSA) is 71.1 Å². The summed E-state index contributed by atoms with van der Waals surface area (Å²) in [6.45, 7) is 6.07. The first-order valence-corrected chi connectivity index (χ1v) is 7.53. The fourth-order valence-electron chi connectivity index (χ4n) is 1.19. The predicted octanol–water partition coefficient (Wildman–Crippen LogP) is 2.40. The first kappa shape index (κ1) is 15.9. The van der Waals surface area contributed by atoms with Crippen LogP contribution >= 0.6 is 11.6 Å². The highest BCUT2D eigenvalue weighted by Gasteiger charge is 2.18. The lowest BCUT2D eigenvalue weighted by Gasteiger charge is -2.17. The molecule has 0 fully saturated rings. The van der Waals surface area contributed by atoms with E-state index in [1.807, 2.05) is 20.8 Å². The van der Waals surface area contributed by atoms with Gasteiger partial charge in [0.25, 0.3) is 0 Å². The fraction of sp³-hybridized carbons (Fsp3) is 0.500. The maximum atomic E-state index is 11.8. The Morgan fingerprint density at radius 2 is 2.11 bits per heavy atom. The standard InChI is InChI=1S/C12H18ClN3O2S/c1-12(2,3)19(18)7-6-14-11(17)16-9-4-5-10(13)15-8-9/h4-5,8H,6-7H2,1-3H3,(H2,14,16,17). The Hall–Kier alpha value is -1.14. The van der Waals surface area contributed by atoms with Crippen LogP contribution in [0.5, 0.6) is 0 Å². The van der Waals surface area contributed by atoms with Gasteiger partial charge >= 0.3 is 6.03 Å². The summed E-state index contributed by atoms with van der Waals surface area (Å²) in [5, 5.41) is 5.62. The number of halogens is 1. The number of amides is 2. The molecule has 0 aromatic carbocycles. The second-order valence-corrected chi connectivity index (χ2v) is 7.62. The minimum Gasteiger partial charge on any atom is -0.337 e. The molecular formula is C12H18ClN3O2S. The van der Waals surface area contributed by atoms with Crippen molar-refractivity contribution in [2.45, 2.75) is 25.5 Å². The first-order valence-electron chi connectivity index (χ1n) is 5.84. The van der Waals surface area contributed by atoms with Gasteiger partial charge < -0.3 is 10.6 Å². The molecule has 7 heteroatoms. The van der Waals surface area contributed by atoms with E-state index in [0.717, 1.165) is 0 Å². The van der Waals surface area contributed by atoms with Crippen molar-refractivity contribution in [3.63, 3.8) is 0 Å². The molecule has 0 aliphatic rings. The number of anilines is 1. The number of hydrogen-bond donors (Lipinski definition) is 2. The maximum Gasteiger partial charge on any atom is 0.319 e. The Labute approximate surface area is 120 Å². The van der Waals surface area contributed by atoms with E-state index < -0.39 is 10.8 Å². The molecule has 1 rings (SSSR count). The van der Waals surface area contributed by atoms with Crippen molar-refractivity contribution in [3.05, 3.63) is 23.5 Å². The highest BCUT2D eigenvalue weighted by molar-refractivity contribution is 7.86. The number of rotatable bonds is 4. The largest absolute Gasteiger partial charge is 0.337 e. The summed E-state index contributed by atoms with van der Waals surface area (Å²) in [5.74, 6) is 0.426. The number of pyridine rings is 1. The van der Waals surface area contributed by atoms with E-state index in [0.29, 0.717) is 23.1 Å². The van der Waals surface area contributed by atoms with Gasteiger partial charge in [-0.3, -0.25) is 4.21 Å². The third-order valence-corrected chi connectivity index (χ3v) is 4.41. The highest BCUT2D eigenvalue weighted by Crippen LogP contribution is 2.11. The van der Waals surface area contributed by atoms with Crippen LogP contribution in [-0.2, 0) is 10.8 Å². The number of urea groups is 1. The van der Waals surface area contributed by atoms with E-state index in [1.54, 1.807) is 12.1 Å². The predicted molar refractivity (Wildman–Crippen MR) is 79.0 cm³/mol. The van der Waals surface area contributed by atoms with Crippen LogP contribution in [0.2, 0.25) is 5.15 Å². The van der Waals surface area contributed by atoms with E-state index in [4.69, 9.17) is 11.6 Å². The Balaban J connectivity index is 2.33. The van der Waals surface area contributed by atoms with Crippen molar-refractivity contribution in [1.29, 1.82) is 0 Å². The van der Waals surface area contributed by atoms with E-state index in [1.165, 1.54) is 6.20 Å². The third kappa shape index (κ3) is 6.02. The molecule has 0 saturated heterocycles. The summed E-state index contributed by atoms with van der Waals surface area (Å²) in [6.07, 6.45) is 1.47. The van der Waals surface area contributed by atoms with Gasteiger partial charge in [-0.25, -0.2) is 9.78 Å². The van der Waals surface area contributed by atoms with Crippen molar-refractivity contribution >= 4 is 34.1 Å². The van der Waals surface area contributed by atoms with Gasteiger partial charge in [-0.1, -0.05) is 11.6 Å². The summed E-state index contributed by atoms with van der Waals surface area (Å²) in [5.41, 5.74) is 0.554. The molecule has 0 bridgehead atoms. The Kier molecular flexibility index (Phi) is 5.75. The van der Waals surface area contributed by atoms with Crippen LogP contribution in [0, 0.1) is 0 Å². The van der Waals surface area contributed by atoms with E-state index in [2.05, 4.69) is 15.6 Å². The lowest BCUT2D eigenvalue weighted by atomic mass is 10.3. The highest BCUT2D eigenvalue weighted by atomic mass is 35.5. The van der Waals surface area contributed by atoms with Crippen molar-refractivity contribution < 1.29 is 9.00 Å². The molecule has 0 aliphatic carbocycles. The summed E-state index contributed by atoms with van der Waals surface area (Å²) in [4.78, 5) is 15.4. The van der Waals surface area contributed by atoms with Gasteiger partial charge in [0.05, 0.1) is 11.9 Å². The molecule has 1 aromatic rings. The number of aromatic nitrogens is 1. The molecule has 2 N–H and O–H groups in total. The van der Waals surface area contributed by atoms with Crippen LogP contribution in [0.3, 0.4) is 0 Å². The van der Waals surface area contributed by atoms with Crippen molar-refractivity contribution in [2.75, 3.05) is 17.6 Å². The number of hydrogen-bond acceptors (Lipinski definition) is 3. The van der Waals surface area contributed by atoms with Gasteiger partial charge in [0.15, 0.2) is 0 Å². The van der Waals surface area contributed by atoms with Gasteiger partial charge in [0.2, 0.25) is 0 Å². The van der Waals surface area contributed by atoms with Crippen LogP contribution in [0.4, 0.5) is 10.5 Å². The minimum absolute atomic E-state index is 0.266. The summed E-state index contributed by atoms with van der Waals surface area (Å²) in [6, 6.07) is 2.89. The molecule has 1 aromatic heterocycles. The van der Waals surface area contributed by atoms with Gasteiger partial charge in [-0.15, -0.1) is 0 Å². The molecular weight excluding hydrogens is 286 g/mol. The fourth-order valence-corrected chi connectivity index (χ4v) is 2.20. The second kappa shape index (κ2) is 6.86. The molecule has 19 heavy (non-hydrogen) atoms. The smallest absolute Gasteiger partial charge is 0.319 e.